The van der Waals surface area contributed by atoms with Crippen molar-refractivity contribution < 1.29 is 36.0 Å². The third-order valence-corrected chi connectivity index (χ3v) is 0.585. The van der Waals surface area contributed by atoms with E-state index in [0.29, 0.717) is 0 Å². The van der Waals surface area contributed by atoms with Crippen molar-refractivity contribution in [2.75, 3.05) is 0 Å². The van der Waals surface area contributed by atoms with Crippen molar-refractivity contribution in [3.63, 3.8) is 0 Å². The number of carbonyl (C=O) groups is 2. The Kier molecular flexibility index (Phi) is 6.62. The molecule has 10 heavy (non-hydrogen) atoms. The summed E-state index contributed by atoms with van der Waals surface area (Å²) in [5.41, 5.74) is 0.227. The molecule has 0 heterocycles. The molecule has 0 unspecified atom stereocenters. The van der Waals surface area contributed by atoms with Crippen LogP contribution in [0.2, 0.25) is 0 Å². The van der Waals surface area contributed by atoms with Crippen LogP contribution >= 0.6 is 0 Å². The summed E-state index contributed by atoms with van der Waals surface area (Å²) in [6, 6.07) is 0. The topological polar surface area (TPSA) is 43.4 Å². The number of esters is 2. The Hall–Kier alpha value is -0.406. The summed E-state index contributed by atoms with van der Waals surface area (Å²) in [5, 5.41) is 0. The van der Waals surface area contributed by atoms with Gasteiger partial charge in [-0.3, -0.25) is 4.79 Å². The molecular weight excluding hydrogens is 168 g/mol. The average molecular weight is 176 g/mol. The van der Waals surface area contributed by atoms with Gasteiger partial charge < -0.3 is 4.74 Å². The second kappa shape index (κ2) is 5.38. The van der Waals surface area contributed by atoms with Gasteiger partial charge in [0.15, 0.2) is 0 Å². The monoisotopic (exact) mass is 176 g/mol. The molecule has 0 radical (unpaired) electrons. The number of carbonyl (C=O) groups excluding carboxylic acids is 2. The van der Waals surface area contributed by atoms with Gasteiger partial charge in [0.25, 0.3) is 0 Å². The second-order valence-corrected chi connectivity index (χ2v) is 1.66. The molecule has 0 fully saturated rings. The first kappa shape index (κ1) is 12.3. The SMILES string of the molecule is C=C(C)C(=O)OC(C)=O.[Ti]. The van der Waals surface area contributed by atoms with Crippen LogP contribution in [0.25, 0.3) is 0 Å². The van der Waals surface area contributed by atoms with Gasteiger partial charge in [-0.1, -0.05) is 6.58 Å². The summed E-state index contributed by atoms with van der Waals surface area (Å²) >= 11 is 0. The van der Waals surface area contributed by atoms with E-state index in [4.69, 9.17) is 0 Å². The van der Waals surface area contributed by atoms with Gasteiger partial charge in [0.05, 0.1) is 0 Å². The average Bonchev–Trinajstić information content (AvgIpc) is 1.63. The molecule has 54 valence electrons. The fourth-order valence-electron chi connectivity index (χ4n) is 0.218. The fraction of sp³-hybridized carbons (Fsp3) is 0.333. The molecule has 0 aliphatic heterocycles. The normalized spacial score (nSPS) is 7.40. The van der Waals surface area contributed by atoms with Gasteiger partial charge in [-0.05, 0) is 6.92 Å². The summed E-state index contributed by atoms with van der Waals surface area (Å²) in [5.74, 6) is -1.27. The molecule has 0 bridgehead atoms. The molecule has 0 rings (SSSR count). The Morgan fingerprint density at radius 3 is 1.80 bits per heavy atom. The number of ether oxygens (including phenoxy) is 1. The molecule has 0 saturated heterocycles. The summed E-state index contributed by atoms with van der Waals surface area (Å²) in [4.78, 5) is 20.5. The zero-order valence-corrected chi connectivity index (χ0v) is 7.49. The predicted octanol–water partition coefficient (Wildman–Crippen LogP) is 0.650. The molecule has 0 saturated carbocycles. The number of hydrogen-bond donors (Lipinski definition) is 0. The van der Waals surface area contributed by atoms with Crippen LogP contribution in [0.1, 0.15) is 13.8 Å². The van der Waals surface area contributed by atoms with E-state index in [-0.39, 0.29) is 27.3 Å². The number of hydrogen-bond acceptors (Lipinski definition) is 3. The van der Waals surface area contributed by atoms with Crippen LogP contribution in [0.4, 0.5) is 0 Å². The maximum Gasteiger partial charge on any atom is 0.340 e. The van der Waals surface area contributed by atoms with Crippen molar-refractivity contribution in [1.29, 1.82) is 0 Å². The molecule has 3 nitrogen and oxygen atoms in total. The first-order valence-corrected chi connectivity index (χ1v) is 2.42. The molecule has 0 N–H and O–H groups in total. The van der Waals surface area contributed by atoms with Crippen molar-refractivity contribution in [3.8, 4) is 0 Å². The minimum atomic E-state index is -0.664. The van der Waals surface area contributed by atoms with Gasteiger partial charge in [-0.2, -0.15) is 0 Å². The van der Waals surface area contributed by atoms with Crippen LogP contribution in [0, 0.1) is 0 Å². The molecule has 0 aromatic rings. The Labute approximate surface area is 74.3 Å². The Morgan fingerprint density at radius 2 is 1.70 bits per heavy atom. The maximum absolute atomic E-state index is 10.4. The minimum absolute atomic E-state index is 0. The van der Waals surface area contributed by atoms with Gasteiger partial charge in [0.2, 0.25) is 0 Å². The predicted molar refractivity (Wildman–Crippen MR) is 31.6 cm³/mol. The molecule has 0 aliphatic rings. The Morgan fingerprint density at radius 1 is 1.30 bits per heavy atom. The molecule has 4 heteroatoms. The van der Waals surface area contributed by atoms with Gasteiger partial charge >= 0.3 is 11.9 Å². The van der Waals surface area contributed by atoms with Crippen LogP contribution in [0.3, 0.4) is 0 Å². The fourth-order valence-corrected chi connectivity index (χ4v) is 0.218. The largest absolute Gasteiger partial charge is 0.390 e. The van der Waals surface area contributed by atoms with Crippen molar-refractivity contribution in [1.82, 2.24) is 0 Å². The Bertz CT molecular complexity index is 162. The van der Waals surface area contributed by atoms with Crippen LogP contribution in [-0.4, -0.2) is 11.9 Å². The minimum Gasteiger partial charge on any atom is -0.390 e. The quantitative estimate of drug-likeness (QED) is 0.255. The summed E-state index contributed by atoms with van der Waals surface area (Å²) in [7, 11) is 0. The van der Waals surface area contributed by atoms with E-state index in [1.54, 1.807) is 0 Å². The van der Waals surface area contributed by atoms with E-state index in [2.05, 4.69) is 11.3 Å². The smallest absolute Gasteiger partial charge is 0.340 e. The standard InChI is InChI=1S/C6H8O3.Ti/c1-4(2)6(8)9-5(3)7;/h1H2,2-3H3;. The van der Waals surface area contributed by atoms with E-state index in [9.17, 15) is 9.59 Å². The van der Waals surface area contributed by atoms with E-state index in [0.717, 1.165) is 0 Å². The molecule has 0 amide bonds. The first-order chi connectivity index (χ1) is 4.04. The van der Waals surface area contributed by atoms with Crippen LogP contribution < -0.4 is 0 Å². The van der Waals surface area contributed by atoms with Crippen molar-refractivity contribution in [3.05, 3.63) is 12.2 Å². The van der Waals surface area contributed by atoms with Gasteiger partial charge in [0.1, 0.15) is 0 Å². The molecule has 0 atom stereocenters. The van der Waals surface area contributed by atoms with E-state index < -0.39 is 11.9 Å². The molecule has 0 aromatic heterocycles. The number of rotatable bonds is 1. The van der Waals surface area contributed by atoms with E-state index in [1.807, 2.05) is 0 Å². The van der Waals surface area contributed by atoms with Crippen molar-refractivity contribution in [2.45, 2.75) is 13.8 Å². The Balaban J connectivity index is 0. The van der Waals surface area contributed by atoms with Crippen molar-refractivity contribution in [2.24, 2.45) is 0 Å². The summed E-state index contributed by atoms with van der Waals surface area (Å²) in [6.45, 7) is 5.93. The van der Waals surface area contributed by atoms with Crippen LogP contribution in [-0.2, 0) is 36.0 Å². The van der Waals surface area contributed by atoms with Crippen LogP contribution in [0.15, 0.2) is 12.2 Å². The van der Waals surface area contributed by atoms with E-state index >= 15 is 0 Å². The van der Waals surface area contributed by atoms with Gasteiger partial charge in [0, 0.05) is 34.2 Å². The first-order valence-electron chi connectivity index (χ1n) is 2.42. The third kappa shape index (κ3) is 5.73. The van der Waals surface area contributed by atoms with E-state index in [1.165, 1.54) is 13.8 Å². The molecule has 0 aliphatic carbocycles. The third-order valence-electron chi connectivity index (χ3n) is 0.585. The van der Waals surface area contributed by atoms with Crippen LogP contribution in [0.5, 0.6) is 0 Å². The van der Waals surface area contributed by atoms with Gasteiger partial charge in [-0.15, -0.1) is 0 Å². The molecular formula is C6H8O3Ti. The maximum atomic E-state index is 10.4. The molecule has 0 aromatic carbocycles. The summed E-state index contributed by atoms with van der Waals surface area (Å²) in [6.07, 6.45) is 0. The van der Waals surface area contributed by atoms with Crippen molar-refractivity contribution >= 4 is 11.9 Å². The molecule has 0 spiro atoms. The zero-order chi connectivity index (χ0) is 7.44. The second-order valence-electron chi connectivity index (χ2n) is 1.66. The zero-order valence-electron chi connectivity index (χ0n) is 5.93. The summed E-state index contributed by atoms with van der Waals surface area (Å²) < 4.78 is 4.13. The van der Waals surface area contributed by atoms with Gasteiger partial charge in [-0.25, -0.2) is 4.79 Å².